The first-order valence-electron chi connectivity index (χ1n) is 29.8. The van der Waals surface area contributed by atoms with Gasteiger partial charge in [-0.3, -0.25) is 47.9 Å². The van der Waals surface area contributed by atoms with Crippen LogP contribution in [0.5, 0.6) is 0 Å². The topological polar surface area (TPSA) is 493 Å². The molecule has 0 unspecified atom stereocenters. The molecule has 1 heterocycles. The van der Waals surface area contributed by atoms with Crippen molar-refractivity contribution in [1.82, 2.24) is 31.9 Å². The summed E-state index contributed by atoms with van der Waals surface area (Å²) in [7, 11) is 2.43. The molecular weight excluding hydrogens is 1200 g/mol. The summed E-state index contributed by atoms with van der Waals surface area (Å²) in [4.78, 5) is 197. The van der Waals surface area contributed by atoms with Gasteiger partial charge < -0.3 is 73.1 Å². The SMILES string of the molecule is CC(=O)CCCCCCCCCCCCCCCCC(=O)N[C@@H](CCC(=O)N[C@@H](CCC(=O)N[C@@H](CCC(=O)N[C@@H](CCC(=O)N[C@H](CCC(=O)N[C@@H](CCC(N)=O)C(=O)C[C@H]1CSSC[C@@H](C(=O)O)CC1=O)C(=O)O)C(=O)O)C(=O)O)C(=O)O)C(=O)O. The number of Topliss-reactive ketones (excluding diaryl/α,β-unsaturated/α-hetero) is 3. The van der Waals surface area contributed by atoms with Crippen LogP contribution in [0.3, 0.4) is 0 Å². The van der Waals surface area contributed by atoms with E-state index in [1.165, 1.54) is 47.3 Å². The number of rotatable bonds is 50. The Morgan fingerprint density at radius 3 is 0.966 bits per heavy atom. The lowest BCUT2D eigenvalue weighted by Crippen LogP contribution is -2.46. The van der Waals surface area contributed by atoms with E-state index < -0.39 is 201 Å². The van der Waals surface area contributed by atoms with E-state index >= 15 is 0 Å². The smallest absolute Gasteiger partial charge is 0.326 e. The van der Waals surface area contributed by atoms with Gasteiger partial charge in [-0.1, -0.05) is 98.6 Å². The highest BCUT2D eigenvalue weighted by Crippen LogP contribution is 2.33. The van der Waals surface area contributed by atoms with Crippen molar-refractivity contribution in [3.63, 3.8) is 0 Å². The zero-order chi connectivity index (χ0) is 66.1. The Balaban J connectivity index is 2.58. The van der Waals surface area contributed by atoms with E-state index in [9.17, 15) is 107 Å². The van der Waals surface area contributed by atoms with Gasteiger partial charge in [0.1, 0.15) is 41.8 Å². The van der Waals surface area contributed by atoms with E-state index in [0.717, 1.165) is 57.8 Å². The maximum Gasteiger partial charge on any atom is 0.326 e. The molecule has 1 rings (SSSR count). The fourth-order valence-corrected chi connectivity index (χ4v) is 11.8. The van der Waals surface area contributed by atoms with Crippen LogP contribution in [-0.4, -0.2) is 173 Å². The molecule has 0 aromatic heterocycles. The number of carbonyl (C=O) groups is 16. The van der Waals surface area contributed by atoms with E-state index in [2.05, 4.69) is 31.9 Å². The molecule has 0 spiro atoms. The van der Waals surface area contributed by atoms with Crippen LogP contribution >= 0.6 is 21.6 Å². The van der Waals surface area contributed by atoms with Gasteiger partial charge in [0.15, 0.2) is 5.78 Å². The number of primary amides is 1. The fraction of sp³-hybridized carbons (Fsp3) is 0.719. The predicted molar refractivity (Wildman–Crippen MR) is 318 cm³/mol. The number of aliphatic carboxylic acids is 6. The maximum absolute atomic E-state index is 13.3. The van der Waals surface area contributed by atoms with E-state index in [1.54, 1.807) is 6.92 Å². The molecule has 8 atom stereocenters. The normalized spacial score (nSPS) is 16.0. The first kappa shape index (κ1) is 78.8. The highest BCUT2D eigenvalue weighted by Gasteiger charge is 2.34. The third-order valence-electron chi connectivity index (χ3n) is 14.4. The van der Waals surface area contributed by atoms with Crippen LogP contribution in [0.2, 0.25) is 0 Å². The van der Waals surface area contributed by atoms with E-state index in [0.29, 0.717) is 12.8 Å². The molecule has 29 nitrogen and oxygen atoms in total. The van der Waals surface area contributed by atoms with Crippen molar-refractivity contribution in [1.29, 1.82) is 0 Å². The van der Waals surface area contributed by atoms with Gasteiger partial charge in [0.25, 0.3) is 0 Å². The van der Waals surface area contributed by atoms with Gasteiger partial charge >= 0.3 is 35.8 Å². The molecule has 496 valence electrons. The molecule has 88 heavy (non-hydrogen) atoms. The molecule has 31 heteroatoms. The Morgan fingerprint density at radius 1 is 0.398 bits per heavy atom. The van der Waals surface area contributed by atoms with Crippen molar-refractivity contribution in [2.24, 2.45) is 17.6 Å². The molecule has 0 radical (unpaired) electrons. The van der Waals surface area contributed by atoms with Crippen molar-refractivity contribution in [3.8, 4) is 0 Å². The second-order valence-corrected chi connectivity index (χ2v) is 24.5. The molecule has 1 saturated heterocycles. The minimum atomic E-state index is -1.77. The monoisotopic (exact) mass is 1290 g/mol. The number of nitrogens with two attached hydrogens (primary N) is 1. The van der Waals surface area contributed by atoms with Crippen LogP contribution in [0.1, 0.15) is 200 Å². The largest absolute Gasteiger partial charge is 0.481 e. The first-order valence-corrected chi connectivity index (χ1v) is 32.3. The zero-order valence-electron chi connectivity index (χ0n) is 49.9. The Labute approximate surface area is 518 Å². The van der Waals surface area contributed by atoms with Crippen LogP contribution in [0.15, 0.2) is 0 Å². The van der Waals surface area contributed by atoms with Gasteiger partial charge in [0, 0.05) is 81.6 Å². The third-order valence-corrected chi connectivity index (χ3v) is 16.9. The summed E-state index contributed by atoms with van der Waals surface area (Å²) in [6.07, 6.45) is 8.10. The number of carboxylic acids is 6. The van der Waals surface area contributed by atoms with Gasteiger partial charge in [0.2, 0.25) is 41.4 Å². The van der Waals surface area contributed by atoms with Crippen molar-refractivity contribution in [2.45, 2.75) is 236 Å². The molecule has 0 aliphatic carbocycles. The lowest BCUT2D eigenvalue weighted by molar-refractivity contribution is -0.144. The number of nitrogens with one attached hydrogen (secondary N) is 6. The van der Waals surface area contributed by atoms with Crippen LogP contribution < -0.4 is 37.6 Å². The molecule has 0 saturated carbocycles. The second-order valence-electron chi connectivity index (χ2n) is 21.9. The Bertz CT molecular complexity index is 2400. The molecule has 1 aliphatic heterocycles. The minimum Gasteiger partial charge on any atom is -0.481 e. The molecule has 0 bridgehead atoms. The average Bonchev–Trinajstić information content (AvgIpc) is 3.63. The van der Waals surface area contributed by atoms with Gasteiger partial charge in [-0.05, 0) is 58.3 Å². The van der Waals surface area contributed by atoms with E-state index in [4.69, 9.17) is 5.73 Å². The summed E-state index contributed by atoms with van der Waals surface area (Å²) in [5, 5.41) is 71.3. The average molecular weight is 1290 g/mol. The highest BCUT2D eigenvalue weighted by atomic mass is 33.1. The lowest BCUT2D eigenvalue weighted by atomic mass is 9.90. The number of carbonyl (C=O) groups excluding carboxylic acids is 10. The summed E-state index contributed by atoms with van der Waals surface area (Å²) in [6, 6.07) is -9.75. The highest BCUT2D eigenvalue weighted by molar-refractivity contribution is 8.76. The Morgan fingerprint density at radius 2 is 0.670 bits per heavy atom. The Hall–Kier alpha value is -7.18. The van der Waals surface area contributed by atoms with Crippen LogP contribution in [0.25, 0.3) is 0 Å². The zero-order valence-corrected chi connectivity index (χ0v) is 51.5. The Kier molecular flexibility index (Phi) is 40.4. The van der Waals surface area contributed by atoms with Crippen molar-refractivity contribution in [3.05, 3.63) is 0 Å². The summed E-state index contributed by atoms with van der Waals surface area (Å²) >= 11 is 0. The molecule has 1 aliphatic rings. The van der Waals surface area contributed by atoms with Crippen molar-refractivity contribution >= 4 is 116 Å². The van der Waals surface area contributed by atoms with Crippen molar-refractivity contribution < 1.29 is 107 Å². The molecule has 0 aromatic rings. The summed E-state index contributed by atoms with van der Waals surface area (Å²) < 4.78 is 0. The van der Waals surface area contributed by atoms with E-state index in [1.807, 2.05) is 0 Å². The lowest BCUT2D eigenvalue weighted by Gasteiger charge is -2.23. The second kappa shape index (κ2) is 45.1. The number of carboxylic acid groups (broad SMARTS) is 6. The minimum absolute atomic E-state index is 0.0722. The summed E-state index contributed by atoms with van der Waals surface area (Å²) in [5.41, 5.74) is 5.24. The molecular formula is C57H89N7O22S2. The molecule has 14 N–H and O–H groups in total. The van der Waals surface area contributed by atoms with Gasteiger partial charge in [-0.15, -0.1) is 0 Å². The molecule has 1 fully saturated rings. The van der Waals surface area contributed by atoms with Gasteiger partial charge in [-0.25, -0.2) is 24.0 Å². The quantitative estimate of drug-likeness (QED) is 0.0307. The van der Waals surface area contributed by atoms with Gasteiger partial charge in [-0.2, -0.15) is 0 Å². The predicted octanol–water partition coefficient (Wildman–Crippen LogP) is 2.95. The van der Waals surface area contributed by atoms with Crippen LogP contribution in [-0.2, 0) is 76.7 Å². The summed E-state index contributed by atoms with van der Waals surface area (Å²) in [5.74, 6) is -17.7. The van der Waals surface area contributed by atoms with Gasteiger partial charge in [0.05, 0.1) is 12.0 Å². The number of ketones is 3. The number of unbranched alkanes of at least 4 members (excludes halogenated alkanes) is 13. The van der Waals surface area contributed by atoms with Crippen LogP contribution in [0.4, 0.5) is 0 Å². The number of hydrogen-bond donors (Lipinski definition) is 13. The van der Waals surface area contributed by atoms with Crippen LogP contribution in [0, 0.1) is 11.8 Å². The summed E-state index contributed by atoms with van der Waals surface area (Å²) in [6.45, 7) is 1.62. The molecule has 7 amide bonds. The number of amides is 7. The van der Waals surface area contributed by atoms with E-state index in [-0.39, 0.29) is 49.4 Å². The molecule has 0 aromatic carbocycles. The van der Waals surface area contributed by atoms with Crippen molar-refractivity contribution in [2.75, 3.05) is 11.5 Å². The maximum atomic E-state index is 13.3. The number of hydrogen-bond acceptors (Lipinski definition) is 18. The third kappa shape index (κ3) is 37.5. The standard InChI is InChI=1S/C57H89N7O22S2/c1-34(65)16-14-12-10-8-6-4-2-3-5-7-9-11-13-15-17-46(69)60-38(53(77)78)20-26-48(71)62-40(55(81)82)22-28-50(73)64-42(57(85)86)23-29-51(74)63-41(56(83)84)21-27-49(72)61-39(54(79)80)19-25-47(70)59-37(18-24-45(58)68)44(67)30-35-32-87-88-33-36(52(75)76)31-43(35)66/h35-42H,2-33H2,1H3,(H2,58,68)(H,59,70)(H,60,69)(H,61,72)(H,62,71)(H,63,74)(H,64,73)(H,75,76)(H,77,78)(H,79,80)(H,81,82)(H,83,84)(H,85,86)/t35-,36-,37-,38-,39+,40-,41-,42-/m0/s1. The fourth-order valence-electron chi connectivity index (χ4n) is 9.18. The first-order chi connectivity index (χ1) is 41.6.